The average Bonchev–Trinajstić information content (AvgIpc) is 3.44. The summed E-state index contributed by atoms with van der Waals surface area (Å²) in [4.78, 5) is 23.6. The lowest BCUT2D eigenvalue weighted by atomic mass is 10.1. The van der Waals surface area contributed by atoms with Crippen LogP contribution in [0.3, 0.4) is 0 Å². The lowest BCUT2D eigenvalue weighted by Gasteiger charge is -2.25. The van der Waals surface area contributed by atoms with Crippen LogP contribution in [0.5, 0.6) is 0 Å². The van der Waals surface area contributed by atoms with Crippen molar-refractivity contribution in [2.45, 2.75) is 31.8 Å². The number of carboxylic acid groups (broad SMARTS) is 1. The zero-order chi connectivity index (χ0) is 25.6. The van der Waals surface area contributed by atoms with Crippen LogP contribution >= 0.6 is 11.6 Å². The molecule has 2 fully saturated rings. The van der Waals surface area contributed by atoms with Crippen LogP contribution in [0.4, 0.5) is 27.9 Å². The van der Waals surface area contributed by atoms with Gasteiger partial charge in [0.15, 0.2) is 17.2 Å². The van der Waals surface area contributed by atoms with Crippen molar-refractivity contribution >= 4 is 46.5 Å². The number of anilines is 4. The van der Waals surface area contributed by atoms with E-state index in [2.05, 4.69) is 37.8 Å². The lowest BCUT2D eigenvalue weighted by Crippen LogP contribution is -2.40. The molecule has 36 heavy (non-hydrogen) atoms. The van der Waals surface area contributed by atoms with E-state index in [-0.39, 0.29) is 23.6 Å². The van der Waals surface area contributed by atoms with Crippen molar-refractivity contribution in [3.8, 4) is 12.1 Å². The van der Waals surface area contributed by atoms with Crippen molar-refractivity contribution in [1.82, 2.24) is 24.5 Å². The third-order valence-corrected chi connectivity index (χ3v) is 6.93. The summed E-state index contributed by atoms with van der Waals surface area (Å²) in [5.74, 6) is 0.746. The normalized spacial score (nSPS) is 19.1. The van der Waals surface area contributed by atoms with Gasteiger partial charge < -0.3 is 25.5 Å². The second-order valence-electron chi connectivity index (χ2n) is 9.13. The first-order valence-electron chi connectivity index (χ1n) is 11.4. The van der Waals surface area contributed by atoms with Crippen LogP contribution in [0.25, 0.3) is 5.65 Å². The molecule has 5 rings (SSSR count). The Labute approximate surface area is 211 Å². The Morgan fingerprint density at radius 2 is 2.06 bits per heavy atom. The van der Waals surface area contributed by atoms with Crippen LogP contribution in [-0.2, 0) is 0 Å². The van der Waals surface area contributed by atoms with Crippen LogP contribution in [0.1, 0.15) is 31.0 Å². The molecule has 0 bridgehead atoms. The zero-order valence-electron chi connectivity index (χ0n) is 19.6. The Balaban J connectivity index is 1.51. The van der Waals surface area contributed by atoms with E-state index in [1.165, 1.54) is 15.6 Å². The molecule has 0 unspecified atom stereocenters. The zero-order valence-corrected chi connectivity index (χ0v) is 20.4. The average molecular weight is 507 g/mol. The van der Waals surface area contributed by atoms with Gasteiger partial charge in [0, 0.05) is 26.2 Å². The molecule has 1 saturated carbocycles. The number of nitriles is 2. The van der Waals surface area contributed by atoms with Gasteiger partial charge in [0.25, 0.3) is 0 Å². The summed E-state index contributed by atoms with van der Waals surface area (Å²) < 4.78 is 1.41. The number of amides is 1. The largest absolute Gasteiger partial charge is 0.465 e. The second-order valence-corrected chi connectivity index (χ2v) is 9.51. The Hall–Kier alpha value is -4.29. The van der Waals surface area contributed by atoms with Crippen molar-refractivity contribution in [3.63, 3.8) is 0 Å². The number of benzene rings is 1. The number of aromatic nitrogens is 4. The van der Waals surface area contributed by atoms with E-state index in [4.69, 9.17) is 11.6 Å². The standard InChI is InChI=1S/C23H23ClN10O2/c1-12-10-33(11-18(12)32(2)23(35)36)17-6-13(7-25)5-16(19(17)24)29-22-30-20(28-14-3-4-14)21-27-9-15(8-26)34(21)31-22/h5-6,9,12,14,18H,3-4,10-11H2,1-2H3,(H,35,36)(H2,28,29,30,31)/t12-,18+/m0/s1. The molecule has 2 atom stereocenters. The minimum atomic E-state index is -0.993. The van der Waals surface area contributed by atoms with Crippen LogP contribution < -0.4 is 15.5 Å². The first-order valence-corrected chi connectivity index (χ1v) is 11.8. The highest BCUT2D eigenvalue weighted by Crippen LogP contribution is 2.39. The van der Waals surface area contributed by atoms with Gasteiger partial charge in [-0.15, -0.1) is 5.10 Å². The van der Waals surface area contributed by atoms with Gasteiger partial charge >= 0.3 is 6.09 Å². The summed E-state index contributed by atoms with van der Waals surface area (Å²) in [6.07, 6.45) is 2.49. The second kappa shape index (κ2) is 9.06. The smallest absolute Gasteiger partial charge is 0.407 e. The molecule has 2 aromatic heterocycles. The Bertz CT molecular complexity index is 1440. The predicted octanol–water partition coefficient (Wildman–Crippen LogP) is 3.27. The van der Waals surface area contributed by atoms with Gasteiger partial charge in [-0.3, -0.25) is 0 Å². The van der Waals surface area contributed by atoms with E-state index in [1.807, 2.05) is 11.8 Å². The molecule has 3 N–H and O–H groups in total. The minimum absolute atomic E-state index is 0.0664. The van der Waals surface area contributed by atoms with Crippen LogP contribution in [0, 0.1) is 28.6 Å². The number of nitrogens with zero attached hydrogens (tertiary/aromatic N) is 8. The van der Waals surface area contributed by atoms with Gasteiger partial charge in [-0.1, -0.05) is 18.5 Å². The Morgan fingerprint density at radius 3 is 2.72 bits per heavy atom. The van der Waals surface area contributed by atoms with E-state index >= 15 is 0 Å². The van der Waals surface area contributed by atoms with Crippen molar-refractivity contribution in [3.05, 3.63) is 34.6 Å². The third-order valence-electron chi connectivity index (χ3n) is 6.54. The molecular formula is C23H23ClN10O2. The Kier molecular flexibility index (Phi) is 5.90. The van der Waals surface area contributed by atoms with Gasteiger partial charge in [-0.2, -0.15) is 20.0 Å². The molecule has 3 aromatic rings. The van der Waals surface area contributed by atoms with Gasteiger partial charge in [-0.05, 0) is 30.9 Å². The highest BCUT2D eigenvalue weighted by molar-refractivity contribution is 6.36. The number of likely N-dealkylation sites (N-methyl/N-ethyl adjacent to an activating group) is 1. The number of imidazole rings is 1. The van der Waals surface area contributed by atoms with Crippen LogP contribution in [0.2, 0.25) is 5.02 Å². The molecule has 3 heterocycles. The monoisotopic (exact) mass is 506 g/mol. The number of rotatable bonds is 6. The maximum Gasteiger partial charge on any atom is 0.407 e. The SMILES string of the molecule is C[C@H]1CN(c2cc(C#N)cc(Nc3nc(NC4CC4)c4ncc(C#N)n4n3)c2Cl)C[C@H]1N(C)C(=O)O. The highest BCUT2D eigenvalue weighted by atomic mass is 35.5. The van der Waals surface area contributed by atoms with Crippen molar-refractivity contribution in [1.29, 1.82) is 10.5 Å². The van der Waals surface area contributed by atoms with Gasteiger partial charge in [0.1, 0.15) is 6.07 Å². The number of halogens is 1. The number of nitrogens with one attached hydrogen (secondary N) is 2. The molecule has 1 aromatic carbocycles. The quantitative estimate of drug-likeness (QED) is 0.452. The summed E-state index contributed by atoms with van der Waals surface area (Å²) in [5, 5.41) is 39.8. The molecular weight excluding hydrogens is 484 g/mol. The summed E-state index contributed by atoms with van der Waals surface area (Å²) in [6, 6.07) is 7.60. The fourth-order valence-electron chi connectivity index (χ4n) is 4.44. The number of carbonyl (C=O) groups is 1. The number of hydrogen-bond acceptors (Lipinski definition) is 9. The van der Waals surface area contributed by atoms with Crippen molar-refractivity contribution in [2.75, 3.05) is 35.7 Å². The molecule has 13 heteroatoms. The van der Waals surface area contributed by atoms with E-state index in [0.717, 1.165) is 12.8 Å². The Morgan fingerprint density at radius 1 is 1.28 bits per heavy atom. The van der Waals surface area contributed by atoms with Crippen LogP contribution in [0.15, 0.2) is 18.3 Å². The molecule has 184 valence electrons. The predicted molar refractivity (Wildman–Crippen MR) is 133 cm³/mol. The van der Waals surface area contributed by atoms with E-state index in [0.29, 0.717) is 52.6 Å². The molecule has 1 saturated heterocycles. The summed E-state index contributed by atoms with van der Waals surface area (Å²) >= 11 is 6.81. The minimum Gasteiger partial charge on any atom is -0.465 e. The topological polar surface area (TPSA) is 158 Å². The number of fused-ring (bicyclic) bond motifs is 1. The maximum absolute atomic E-state index is 11.5. The highest BCUT2D eigenvalue weighted by Gasteiger charge is 2.36. The first kappa shape index (κ1) is 23.5. The fourth-order valence-corrected chi connectivity index (χ4v) is 4.71. The molecule has 1 amide bonds. The summed E-state index contributed by atoms with van der Waals surface area (Å²) in [6.45, 7) is 3.01. The van der Waals surface area contributed by atoms with Crippen molar-refractivity contribution < 1.29 is 9.90 Å². The lowest BCUT2D eigenvalue weighted by molar-refractivity contribution is 0.133. The van der Waals surface area contributed by atoms with Crippen LogP contribution in [-0.4, -0.2) is 67.9 Å². The number of hydrogen-bond donors (Lipinski definition) is 3. The summed E-state index contributed by atoms with van der Waals surface area (Å²) in [5.41, 5.74) is 2.11. The molecule has 0 radical (unpaired) electrons. The van der Waals surface area contributed by atoms with E-state index < -0.39 is 6.09 Å². The fraction of sp³-hybridized carbons (Fsp3) is 0.391. The van der Waals surface area contributed by atoms with Gasteiger partial charge in [0.05, 0.1) is 40.3 Å². The molecule has 1 aliphatic heterocycles. The summed E-state index contributed by atoms with van der Waals surface area (Å²) in [7, 11) is 1.56. The molecule has 0 spiro atoms. The maximum atomic E-state index is 11.5. The first-order chi connectivity index (χ1) is 17.3. The van der Waals surface area contributed by atoms with E-state index in [1.54, 1.807) is 19.2 Å². The van der Waals surface area contributed by atoms with Gasteiger partial charge in [-0.25, -0.2) is 9.78 Å². The molecule has 12 nitrogen and oxygen atoms in total. The van der Waals surface area contributed by atoms with E-state index in [9.17, 15) is 20.4 Å². The van der Waals surface area contributed by atoms with Crippen molar-refractivity contribution in [2.24, 2.45) is 5.92 Å². The van der Waals surface area contributed by atoms with Gasteiger partial charge in [0.2, 0.25) is 5.95 Å². The molecule has 1 aliphatic carbocycles. The molecule has 2 aliphatic rings. The third kappa shape index (κ3) is 4.27.